The van der Waals surface area contributed by atoms with Gasteiger partial charge in [0.1, 0.15) is 11.9 Å². The van der Waals surface area contributed by atoms with Crippen LogP contribution >= 0.6 is 0 Å². The molecule has 7 heteroatoms. The van der Waals surface area contributed by atoms with E-state index in [4.69, 9.17) is 9.72 Å². The Bertz CT molecular complexity index is 1440. The van der Waals surface area contributed by atoms with E-state index in [9.17, 15) is 24.2 Å². The van der Waals surface area contributed by atoms with Gasteiger partial charge in [-0.05, 0) is 65.6 Å². The molecule has 5 rings (SSSR count). The first-order chi connectivity index (χ1) is 18.2. The smallest absolute Gasteiger partial charge is 0.338 e. The van der Waals surface area contributed by atoms with Crippen LogP contribution in [0.4, 0.5) is 4.39 Å². The van der Waals surface area contributed by atoms with E-state index in [1.165, 1.54) is 17.7 Å². The van der Waals surface area contributed by atoms with Crippen molar-refractivity contribution >= 4 is 18.0 Å². The number of hydrogen-bond acceptors (Lipinski definition) is 5. The SMILES string of the molecule is CC(C)c1nc2c(c(-c3ccc(F)c(C(=O)O)c3)c1/C=C/[C@@H]1CC(O)CC(=O)O1)CCCc1ccccc1-2. The van der Waals surface area contributed by atoms with E-state index in [1.807, 2.05) is 32.1 Å². The lowest BCUT2D eigenvalue weighted by Crippen LogP contribution is -2.31. The van der Waals surface area contributed by atoms with Crippen LogP contribution in [0, 0.1) is 5.82 Å². The van der Waals surface area contributed by atoms with E-state index in [1.54, 1.807) is 12.1 Å². The van der Waals surface area contributed by atoms with Crippen molar-refractivity contribution in [1.82, 2.24) is 4.98 Å². The standard InChI is InChI=1S/C31H30FNO5/c1-17(2)29-24(12-11-21-15-20(34)16-27(35)38-21)28(19-10-13-26(32)25(14-19)31(36)37)23-9-5-7-18-6-3-4-8-22(18)30(23)33-29/h3-4,6,8,10-14,17,20-21,34H,5,7,9,15-16H2,1-2H3,(H,36,37)/b12-11+/t20?,21-/m1/s1. The third-order valence-electron chi connectivity index (χ3n) is 7.21. The fraction of sp³-hybridized carbons (Fsp3) is 0.323. The number of carbonyl (C=O) groups is 2. The van der Waals surface area contributed by atoms with Gasteiger partial charge >= 0.3 is 11.9 Å². The Kier molecular flexibility index (Phi) is 7.13. The summed E-state index contributed by atoms with van der Waals surface area (Å²) in [4.78, 5) is 28.9. The molecule has 3 aromatic rings. The van der Waals surface area contributed by atoms with Gasteiger partial charge in [0.25, 0.3) is 0 Å². The lowest BCUT2D eigenvalue weighted by molar-refractivity contribution is -0.156. The average molecular weight is 516 g/mol. The minimum atomic E-state index is -1.33. The van der Waals surface area contributed by atoms with Gasteiger partial charge in [-0.25, -0.2) is 9.18 Å². The summed E-state index contributed by atoms with van der Waals surface area (Å²) in [6.07, 6.45) is 4.98. The van der Waals surface area contributed by atoms with Crippen LogP contribution in [-0.4, -0.2) is 39.3 Å². The van der Waals surface area contributed by atoms with E-state index in [2.05, 4.69) is 12.1 Å². The lowest BCUT2D eigenvalue weighted by atomic mass is 9.86. The van der Waals surface area contributed by atoms with Gasteiger partial charge in [-0.1, -0.05) is 50.3 Å². The summed E-state index contributed by atoms with van der Waals surface area (Å²) in [7, 11) is 0. The Morgan fingerprint density at radius 2 is 1.97 bits per heavy atom. The largest absolute Gasteiger partial charge is 0.478 e. The van der Waals surface area contributed by atoms with Gasteiger partial charge in [0.2, 0.25) is 0 Å². The minimum Gasteiger partial charge on any atom is -0.478 e. The molecule has 196 valence electrons. The van der Waals surface area contributed by atoms with Crippen molar-refractivity contribution in [2.45, 2.75) is 64.1 Å². The Hall–Kier alpha value is -3.84. The molecule has 0 spiro atoms. The molecule has 0 saturated carbocycles. The molecule has 2 aromatic carbocycles. The fourth-order valence-corrected chi connectivity index (χ4v) is 5.46. The Labute approximate surface area is 220 Å². The highest BCUT2D eigenvalue weighted by molar-refractivity contribution is 5.92. The molecule has 1 saturated heterocycles. The number of cyclic esters (lactones) is 1. The number of aliphatic hydroxyl groups excluding tert-OH is 1. The molecular weight excluding hydrogens is 485 g/mol. The van der Waals surface area contributed by atoms with Crippen molar-refractivity contribution in [3.8, 4) is 22.4 Å². The number of carboxylic acid groups (broad SMARTS) is 1. The second-order valence-corrected chi connectivity index (χ2v) is 10.3. The van der Waals surface area contributed by atoms with Gasteiger partial charge in [0.15, 0.2) is 0 Å². The maximum atomic E-state index is 14.4. The van der Waals surface area contributed by atoms with Crippen LogP contribution < -0.4 is 0 Å². The van der Waals surface area contributed by atoms with Crippen LogP contribution in [0.15, 0.2) is 48.5 Å². The normalized spacial score (nSPS) is 19.1. The van der Waals surface area contributed by atoms with Gasteiger partial charge in [-0.15, -0.1) is 0 Å². The van der Waals surface area contributed by atoms with Gasteiger partial charge in [0.05, 0.1) is 29.5 Å². The highest BCUT2D eigenvalue weighted by atomic mass is 19.1. The second-order valence-electron chi connectivity index (χ2n) is 10.3. The summed E-state index contributed by atoms with van der Waals surface area (Å²) in [5.41, 5.74) is 6.65. The number of hydrogen-bond donors (Lipinski definition) is 2. The van der Waals surface area contributed by atoms with E-state index in [-0.39, 0.29) is 12.3 Å². The van der Waals surface area contributed by atoms with Gasteiger partial charge in [-0.3, -0.25) is 9.78 Å². The van der Waals surface area contributed by atoms with E-state index >= 15 is 0 Å². The first kappa shape index (κ1) is 25.8. The number of aromatic carboxylic acids is 1. The molecule has 1 aromatic heterocycles. The predicted octanol–water partition coefficient (Wildman–Crippen LogP) is 5.94. The van der Waals surface area contributed by atoms with Crippen LogP contribution in [0.5, 0.6) is 0 Å². The molecule has 1 aliphatic heterocycles. The lowest BCUT2D eigenvalue weighted by Gasteiger charge is -2.25. The number of carbonyl (C=O) groups excluding carboxylic acids is 1. The van der Waals surface area contributed by atoms with Crippen molar-refractivity contribution in [2.24, 2.45) is 0 Å². The zero-order chi connectivity index (χ0) is 27.0. The number of halogens is 1. The third-order valence-corrected chi connectivity index (χ3v) is 7.21. The predicted molar refractivity (Wildman–Crippen MR) is 142 cm³/mol. The number of nitrogens with zero attached hydrogens (tertiary/aromatic N) is 1. The number of aliphatic hydroxyl groups is 1. The van der Waals surface area contributed by atoms with Crippen LogP contribution in [0.3, 0.4) is 0 Å². The molecule has 1 fully saturated rings. The van der Waals surface area contributed by atoms with E-state index in [0.717, 1.165) is 46.5 Å². The zero-order valence-corrected chi connectivity index (χ0v) is 21.4. The maximum absolute atomic E-state index is 14.4. The number of benzene rings is 2. The van der Waals surface area contributed by atoms with Crippen LogP contribution in [0.25, 0.3) is 28.5 Å². The molecule has 2 aliphatic rings. The third kappa shape index (κ3) is 4.98. The van der Waals surface area contributed by atoms with Crippen molar-refractivity contribution in [2.75, 3.05) is 0 Å². The van der Waals surface area contributed by atoms with Crippen LogP contribution in [0.2, 0.25) is 0 Å². The van der Waals surface area contributed by atoms with Gasteiger partial charge < -0.3 is 14.9 Å². The van der Waals surface area contributed by atoms with Crippen molar-refractivity contribution in [3.63, 3.8) is 0 Å². The average Bonchev–Trinajstić information content (AvgIpc) is 3.05. The first-order valence-corrected chi connectivity index (χ1v) is 13.0. The first-order valence-electron chi connectivity index (χ1n) is 13.0. The van der Waals surface area contributed by atoms with Crippen LogP contribution in [0.1, 0.15) is 71.8 Å². The number of carboxylic acids is 1. The van der Waals surface area contributed by atoms with Gasteiger partial charge in [-0.2, -0.15) is 0 Å². The highest BCUT2D eigenvalue weighted by Gasteiger charge is 2.28. The molecule has 2 atom stereocenters. The molecule has 0 radical (unpaired) electrons. The number of rotatable bonds is 5. The summed E-state index contributed by atoms with van der Waals surface area (Å²) < 4.78 is 19.9. The van der Waals surface area contributed by atoms with E-state index < -0.39 is 35.5 Å². The number of aryl methyl sites for hydroxylation is 1. The van der Waals surface area contributed by atoms with Crippen LogP contribution in [-0.2, 0) is 22.4 Å². The molecule has 0 amide bonds. The molecule has 2 N–H and O–H groups in total. The number of pyridine rings is 1. The molecular formula is C31H30FNO5. The number of esters is 1. The molecule has 1 aliphatic carbocycles. The molecule has 2 heterocycles. The van der Waals surface area contributed by atoms with Crippen molar-refractivity contribution < 1.29 is 28.9 Å². The highest BCUT2D eigenvalue weighted by Crippen LogP contribution is 2.42. The Balaban J connectivity index is 1.79. The Morgan fingerprint density at radius 3 is 2.71 bits per heavy atom. The quantitative estimate of drug-likeness (QED) is 0.408. The number of fused-ring (bicyclic) bond motifs is 3. The topological polar surface area (TPSA) is 96.7 Å². The summed E-state index contributed by atoms with van der Waals surface area (Å²) >= 11 is 0. The monoisotopic (exact) mass is 515 g/mol. The molecule has 6 nitrogen and oxygen atoms in total. The number of ether oxygens (including phenoxy) is 1. The van der Waals surface area contributed by atoms with Gasteiger partial charge in [0, 0.05) is 17.5 Å². The second kappa shape index (κ2) is 10.5. The fourth-order valence-electron chi connectivity index (χ4n) is 5.46. The summed E-state index contributed by atoms with van der Waals surface area (Å²) in [6, 6.07) is 12.4. The summed E-state index contributed by atoms with van der Waals surface area (Å²) in [5.74, 6) is -2.58. The molecule has 0 bridgehead atoms. The van der Waals surface area contributed by atoms with Crippen molar-refractivity contribution in [3.05, 3.63) is 82.3 Å². The number of aromatic nitrogens is 1. The van der Waals surface area contributed by atoms with Crippen molar-refractivity contribution in [1.29, 1.82) is 0 Å². The Morgan fingerprint density at radius 1 is 1.18 bits per heavy atom. The molecule has 38 heavy (non-hydrogen) atoms. The van der Waals surface area contributed by atoms with E-state index in [0.29, 0.717) is 18.4 Å². The minimum absolute atomic E-state index is 0.00741. The molecule has 1 unspecified atom stereocenters. The summed E-state index contributed by atoms with van der Waals surface area (Å²) in [5, 5.41) is 19.7. The summed E-state index contributed by atoms with van der Waals surface area (Å²) in [6.45, 7) is 4.08. The maximum Gasteiger partial charge on any atom is 0.338 e. The zero-order valence-electron chi connectivity index (χ0n) is 21.4.